The maximum atomic E-state index is 11.7. The summed E-state index contributed by atoms with van der Waals surface area (Å²) in [5.41, 5.74) is -1.65. The molecule has 1 saturated heterocycles. The monoisotopic (exact) mass is 427 g/mol. The number of aliphatic hydroxyl groups excluding tert-OH is 2. The van der Waals surface area contributed by atoms with E-state index in [0.717, 1.165) is 16.8 Å². The minimum Gasteiger partial charge on any atom is -0.387 e. The van der Waals surface area contributed by atoms with Crippen LogP contribution in [0.15, 0.2) is 21.9 Å². The fraction of sp³-hybridized carbons (Fsp3) is 0.556. The van der Waals surface area contributed by atoms with Crippen molar-refractivity contribution < 1.29 is 47.6 Å². The summed E-state index contributed by atoms with van der Waals surface area (Å²) in [6, 6.07) is 0.962. The van der Waals surface area contributed by atoms with Crippen molar-refractivity contribution in [2.24, 2.45) is 0 Å². The van der Waals surface area contributed by atoms with Gasteiger partial charge in [-0.3, -0.25) is 18.9 Å². The Morgan fingerprint density at radius 3 is 2.35 bits per heavy atom. The van der Waals surface area contributed by atoms with Crippen molar-refractivity contribution in [1.29, 1.82) is 0 Å². The Labute approximate surface area is 166 Å². The van der Waals surface area contributed by atoms with E-state index in [0.29, 0.717) is 0 Å². The van der Waals surface area contributed by atoms with E-state index < -0.39 is 58.0 Å². The molecule has 0 saturated carbocycles. The maximum Gasteiger partial charge on any atom is 0.481 e. The van der Waals surface area contributed by atoms with E-state index in [1.807, 2.05) is 4.98 Å². The van der Waals surface area contributed by atoms with Crippen LogP contribution in [0.1, 0.15) is 6.23 Å². The summed E-state index contributed by atoms with van der Waals surface area (Å²) >= 11 is 0. The summed E-state index contributed by atoms with van der Waals surface area (Å²) in [6.07, 6.45) is -5.25. The fourth-order valence-corrected chi connectivity index (χ4v) is 3.65. The second kappa shape index (κ2) is 8.88. The molecule has 6 N–H and O–H groups in total. The van der Waals surface area contributed by atoms with Crippen molar-refractivity contribution in [3.63, 3.8) is 0 Å². The van der Waals surface area contributed by atoms with Crippen LogP contribution in [-0.4, -0.2) is 88.9 Å². The number of aliphatic hydroxyl groups is 2. The van der Waals surface area contributed by atoms with Crippen LogP contribution in [0.5, 0.6) is 0 Å². The van der Waals surface area contributed by atoms with E-state index in [1.54, 1.807) is 0 Å². The molecule has 0 amide bonds. The van der Waals surface area contributed by atoms with Gasteiger partial charge in [0.15, 0.2) is 6.23 Å². The van der Waals surface area contributed by atoms with Crippen LogP contribution in [0.25, 0.3) is 0 Å². The summed E-state index contributed by atoms with van der Waals surface area (Å²) in [6.45, 7) is -0.902. The van der Waals surface area contributed by atoms with Crippen LogP contribution < -0.4 is 11.2 Å². The van der Waals surface area contributed by atoms with Gasteiger partial charge in [-0.2, -0.15) is 4.31 Å². The van der Waals surface area contributed by atoms with Gasteiger partial charge in [0.2, 0.25) is 0 Å². The Morgan fingerprint density at radius 1 is 1.19 bits per heavy atom. The van der Waals surface area contributed by atoms with Crippen LogP contribution in [0.4, 0.5) is 0 Å². The predicted molar refractivity (Wildman–Crippen MR) is 81.9 cm³/mol. The molecule has 0 aromatic carbocycles. The van der Waals surface area contributed by atoms with E-state index in [-0.39, 0.29) is 29.6 Å². The molecular weight excluding hydrogens is 413 g/mol. The number of H-pyrrole nitrogens is 1. The zero-order valence-electron chi connectivity index (χ0n) is 13.1. The Balaban J connectivity index is 0.00000338. The number of hydrogen-bond acceptors (Lipinski definition) is 9. The van der Waals surface area contributed by atoms with Gasteiger partial charge < -0.3 is 29.6 Å². The summed E-state index contributed by atoms with van der Waals surface area (Å²) < 4.78 is 35.6. The molecule has 5 unspecified atom stereocenters. The largest absolute Gasteiger partial charge is 0.481 e. The average molecular weight is 427 g/mol. The van der Waals surface area contributed by atoms with Gasteiger partial charge in [0.05, 0.1) is 6.61 Å². The molecule has 5 atom stereocenters. The van der Waals surface area contributed by atoms with E-state index in [1.165, 1.54) is 0 Å². The van der Waals surface area contributed by atoms with Gasteiger partial charge in [-0.1, -0.05) is 0 Å². The Hall–Kier alpha value is -0.180. The number of rotatable bonds is 6. The van der Waals surface area contributed by atoms with Gasteiger partial charge in [0.25, 0.3) is 5.56 Å². The zero-order chi connectivity index (χ0) is 19.0. The number of phosphoric acid groups is 2. The van der Waals surface area contributed by atoms with Gasteiger partial charge in [0.1, 0.15) is 18.3 Å². The topological polar surface area (TPSA) is 218 Å². The second-order valence-electron chi connectivity index (χ2n) is 4.90. The summed E-state index contributed by atoms with van der Waals surface area (Å²) in [5.74, 6) is 0. The predicted octanol–water partition coefficient (Wildman–Crippen LogP) is -3.00. The molecular formula is C9H14N2NaO12P2. The van der Waals surface area contributed by atoms with Crippen LogP contribution in [0.2, 0.25) is 0 Å². The quantitative estimate of drug-likeness (QED) is 0.198. The summed E-state index contributed by atoms with van der Waals surface area (Å²) in [5, 5.41) is 19.8. The number of ether oxygens (including phenoxy) is 1. The van der Waals surface area contributed by atoms with Crippen LogP contribution in [0, 0.1) is 0 Å². The molecule has 17 heteroatoms. The van der Waals surface area contributed by atoms with Crippen LogP contribution in [-0.2, 0) is 22.7 Å². The minimum atomic E-state index is -5.32. The molecule has 1 fully saturated rings. The van der Waals surface area contributed by atoms with Crippen molar-refractivity contribution >= 4 is 45.2 Å². The van der Waals surface area contributed by atoms with Crippen molar-refractivity contribution in [1.82, 2.24) is 9.55 Å². The number of hydrogen-bond donors (Lipinski definition) is 6. The molecule has 143 valence electrons. The smallest absolute Gasteiger partial charge is 0.387 e. The molecule has 0 bridgehead atoms. The van der Waals surface area contributed by atoms with E-state index in [4.69, 9.17) is 19.4 Å². The first-order chi connectivity index (χ1) is 11.4. The van der Waals surface area contributed by atoms with Crippen LogP contribution in [0.3, 0.4) is 0 Å². The zero-order valence-corrected chi connectivity index (χ0v) is 16.9. The van der Waals surface area contributed by atoms with Gasteiger partial charge in [0, 0.05) is 41.8 Å². The van der Waals surface area contributed by atoms with Crippen molar-refractivity contribution in [3.8, 4) is 0 Å². The van der Waals surface area contributed by atoms with Crippen LogP contribution >= 0.6 is 15.6 Å². The van der Waals surface area contributed by atoms with Crippen molar-refractivity contribution in [2.45, 2.75) is 24.5 Å². The van der Waals surface area contributed by atoms with E-state index in [9.17, 15) is 28.9 Å². The first-order valence-corrected chi connectivity index (χ1v) is 9.49. The van der Waals surface area contributed by atoms with Gasteiger partial charge in [-0.25, -0.2) is 13.9 Å². The molecule has 1 aromatic rings. The molecule has 0 spiro atoms. The average Bonchev–Trinajstić information content (AvgIpc) is 2.71. The molecule has 1 aliphatic heterocycles. The third-order valence-electron chi connectivity index (χ3n) is 3.07. The fourth-order valence-electron chi connectivity index (χ4n) is 2.05. The molecule has 1 radical (unpaired) electrons. The third-order valence-corrected chi connectivity index (χ3v) is 5.23. The molecule has 14 nitrogen and oxygen atoms in total. The number of aromatic nitrogens is 2. The normalized spacial score (nSPS) is 28.3. The standard InChI is InChI=1S/C9H14N2O12P2.Na/c12-5-1-2-11(9(15)10-5)8-7(14)6(13)4(22-8)3-21-25(19,20)23-24(16,17)18;/h1-2,4,6-8,13-14H,3H2,(H,19,20)(H,10,12,15)(H2,16,17,18);. The number of nitrogens with one attached hydrogen (secondary N) is 1. The Morgan fingerprint density at radius 2 is 1.81 bits per heavy atom. The van der Waals surface area contributed by atoms with E-state index >= 15 is 0 Å². The molecule has 0 aliphatic carbocycles. The Kier molecular flexibility index (Phi) is 8.15. The van der Waals surface area contributed by atoms with Crippen molar-refractivity contribution in [3.05, 3.63) is 33.1 Å². The maximum absolute atomic E-state index is 11.7. The third kappa shape index (κ3) is 6.17. The van der Waals surface area contributed by atoms with E-state index in [2.05, 4.69) is 8.83 Å². The molecule has 1 aliphatic rings. The SMILES string of the molecule is O=c1ccn(C2OC(COP(=O)(O)OP(=O)(O)O)C(O)C2O)c(=O)[nH]1.[Na]. The summed E-state index contributed by atoms with van der Waals surface area (Å²) in [4.78, 5) is 50.7. The molecule has 2 heterocycles. The number of aromatic amines is 1. The van der Waals surface area contributed by atoms with Gasteiger partial charge in [-0.05, 0) is 0 Å². The molecule has 26 heavy (non-hydrogen) atoms. The first kappa shape index (κ1) is 23.9. The van der Waals surface area contributed by atoms with Crippen molar-refractivity contribution in [2.75, 3.05) is 6.61 Å². The molecule has 2 rings (SSSR count). The second-order valence-corrected chi connectivity index (χ2v) is 7.73. The number of nitrogens with zero attached hydrogens (tertiary/aromatic N) is 1. The Bertz CT molecular complexity index is 834. The number of phosphoric ester groups is 1. The summed E-state index contributed by atoms with van der Waals surface area (Å²) in [7, 11) is -10.5. The minimum absolute atomic E-state index is 0. The van der Waals surface area contributed by atoms with Gasteiger partial charge >= 0.3 is 21.3 Å². The molecule has 1 aromatic heterocycles. The first-order valence-electron chi connectivity index (χ1n) is 6.47. The van der Waals surface area contributed by atoms with Gasteiger partial charge in [-0.15, -0.1) is 0 Å².